The molecule has 7 nitrogen and oxygen atoms in total. The molecule has 1 aliphatic carbocycles. The second kappa shape index (κ2) is 7.53. The SMILES string of the molecule is N#[N+]CC(=O)OC1CCCCC1S(=O)(=O)c1ccc(CN)cc1. The zero-order valence-corrected chi connectivity index (χ0v) is 13.5. The predicted octanol–water partition coefficient (Wildman–Crippen LogP) is 1.63. The maximum atomic E-state index is 12.8. The van der Waals surface area contributed by atoms with Gasteiger partial charge in [0, 0.05) is 6.54 Å². The fourth-order valence-corrected chi connectivity index (χ4v) is 4.74. The Labute approximate surface area is 135 Å². The molecule has 2 N–H and O–H groups in total. The summed E-state index contributed by atoms with van der Waals surface area (Å²) >= 11 is 0. The van der Waals surface area contributed by atoms with Crippen molar-refractivity contribution < 1.29 is 17.9 Å². The van der Waals surface area contributed by atoms with Crippen molar-refractivity contribution in [3.8, 4) is 0 Å². The minimum atomic E-state index is -3.61. The molecule has 23 heavy (non-hydrogen) atoms. The highest BCUT2D eigenvalue weighted by Gasteiger charge is 2.39. The van der Waals surface area contributed by atoms with Crippen molar-refractivity contribution in [1.82, 2.24) is 0 Å². The van der Waals surface area contributed by atoms with Gasteiger partial charge >= 0.3 is 12.5 Å². The van der Waals surface area contributed by atoms with Gasteiger partial charge < -0.3 is 10.5 Å². The second-order valence-electron chi connectivity index (χ2n) is 5.54. The van der Waals surface area contributed by atoms with Crippen LogP contribution in [-0.4, -0.2) is 32.3 Å². The number of hydrogen-bond acceptors (Lipinski definition) is 6. The van der Waals surface area contributed by atoms with Gasteiger partial charge in [-0.3, -0.25) is 0 Å². The number of carbonyl (C=O) groups is 1. The molecular formula is C15H20N3O4S+. The molecule has 0 aliphatic heterocycles. The van der Waals surface area contributed by atoms with E-state index in [1.165, 1.54) is 12.1 Å². The van der Waals surface area contributed by atoms with Crippen molar-refractivity contribution in [3.05, 3.63) is 34.8 Å². The van der Waals surface area contributed by atoms with Crippen molar-refractivity contribution in [2.75, 3.05) is 6.54 Å². The van der Waals surface area contributed by atoms with E-state index in [1.807, 2.05) is 0 Å². The van der Waals surface area contributed by atoms with E-state index in [-0.39, 0.29) is 4.90 Å². The Morgan fingerprint density at radius 3 is 2.52 bits per heavy atom. The van der Waals surface area contributed by atoms with Gasteiger partial charge in [0.1, 0.15) is 16.3 Å². The van der Waals surface area contributed by atoms with Crippen LogP contribution in [0, 0.1) is 5.39 Å². The van der Waals surface area contributed by atoms with E-state index in [1.54, 1.807) is 12.1 Å². The van der Waals surface area contributed by atoms with E-state index in [2.05, 4.69) is 4.98 Å². The smallest absolute Gasteiger partial charge is 0.399 e. The van der Waals surface area contributed by atoms with Crippen molar-refractivity contribution in [1.29, 1.82) is 5.39 Å². The Balaban J connectivity index is 2.23. The van der Waals surface area contributed by atoms with E-state index in [0.717, 1.165) is 18.4 Å². The van der Waals surface area contributed by atoms with Crippen LogP contribution in [0.4, 0.5) is 0 Å². The van der Waals surface area contributed by atoms with Crippen LogP contribution in [0.5, 0.6) is 0 Å². The summed E-state index contributed by atoms with van der Waals surface area (Å²) < 4.78 is 30.9. The van der Waals surface area contributed by atoms with Crippen LogP contribution >= 0.6 is 0 Å². The molecule has 0 bridgehead atoms. The maximum absolute atomic E-state index is 12.8. The number of sulfone groups is 1. The highest BCUT2D eigenvalue weighted by Crippen LogP contribution is 2.31. The molecule has 1 aromatic rings. The normalized spacial score (nSPS) is 21.4. The molecule has 0 aromatic heterocycles. The predicted molar refractivity (Wildman–Crippen MR) is 83.6 cm³/mol. The van der Waals surface area contributed by atoms with Gasteiger partial charge in [0.05, 0.1) is 4.90 Å². The molecule has 124 valence electrons. The fraction of sp³-hybridized carbons (Fsp3) is 0.533. The Morgan fingerprint density at radius 2 is 1.91 bits per heavy atom. The number of benzene rings is 1. The molecule has 0 spiro atoms. The van der Waals surface area contributed by atoms with Gasteiger partial charge in [-0.05, 0) is 37.0 Å². The van der Waals surface area contributed by atoms with Gasteiger partial charge in [-0.25, -0.2) is 13.2 Å². The minimum absolute atomic E-state index is 0.203. The first kappa shape index (κ1) is 17.4. The van der Waals surface area contributed by atoms with Crippen molar-refractivity contribution in [2.24, 2.45) is 5.73 Å². The topological polar surface area (TPSA) is 115 Å². The van der Waals surface area contributed by atoms with Crippen LogP contribution in [0.1, 0.15) is 31.2 Å². The van der Waals surface area contributed by atoms with Crippen LogP contribution in [0.25, 0.3) is 4.98 Å². The van der Waals surface area contributed by atoms with E-state index >= 15 is 0 Å². The first-order chi connectivity index (χ1) is 11.0. The molecule has 2 atom stereocenters. The van der Waals surface area contributed by atoms with Gasteiger partial charge in [0.25, 0.3) is 0 Å². The minimum Gasteiger partial charge on any atom is -0.455 e. The Hall–Kier alpha value is -1.98. The lowest BCUT2D eigenvalue weighted by Crippen LogP contribution is -2.40. The number of nitrogens with zero attached hydrogens (tertiary/aromatic N) is 2. The quantitative estimate of drug-likeness (QED) is 0.644. The lowest BCUT2D eigenvalue weighted by Gasteiger charge is -2.30. The van der Waals surface area contributed by atoms with Crippen LogP contribution in [0.2, 0.25) is 0 Å². The Morgan fingerprint density at radius 1 is 1.26 bits per heavy atom. The molecule has 0 saturated heterocycles. The fourth-order valence-electron chi connectivity index (χ4n) is 2.81. The summed E-state index contributed by atoms with van der Waals surface area (Å²) in [6.07, 6.45) is 1.78. The molecular weight excluding hydrogens is 318 g/mol. The van der Waals surface area contributed by atoms with Gasteiger partial charge in [0.2, 0.25) is 5.39 Å². The van der Waals surface area contributed by atoms with E-state index < -0.39 is 33.7 Å². The summed E-state index contributed by atoms with van der Waals surface area (Å²) in [5, 5.41) is 7.64. The van der Waals surface area contributed by atoms with Crippen LogP contribution in [-0.2, 0) is 25.9 Å². The molecule has 1 aromatic carbocycles. The van der Waals surface area contributed by atoms with Crippen LogP contribution < -0.4 is 5.73 Å². The first-order valence-electron chi connectivity index (χ1n) is 7.52. The lowest BCUT2D eigenvalue weighted by molar-refractivity contribution is -0.147. The molecule has 8 heteroatoms. The molecule has 0 heterocycles. The second-order valence-corrected chi connectivity index (χ2v) is 7.71. The average molecular weight is 338 g/mol. The summed E-state index contributed by atoms with van der Waals surface area (Å²) in [6.45, 7) is -0.150. The highest BCUT2D eigenvalue weighted by molar-refractivity contribution is 7.92. The average Bonchev–Trinajstić information content (AvgIpc) is 2.55. The molecule has 1 aliphatic rings. The third-order valence-corrected chi connectivity index (χ3v) is 6.28. The van der Waals surface area contributed by atoms with Crippen molar-refractivity contribution >= 4 is 15.8 Å². The number of ether oxygens (including phenoxy) is 1. The summed E-state index contributed by atoms with van der Waals surface area (Å²) in [4.78, 5) is 14.5. The monoisotopic (exact) mass is 338 g/mol. The standard InChI is InChI=1S/C15H20N3O4S/c16-9-11-5-7-12(8-6-11)23(20,21)14-4-2-1-3-13(14)22-15(19)10-18-17/h5-8,13-14H,1-4,9-10,16H2/q+1. The van der Waals surface area contributed by atoms with E-state index in [9.17, 15) is 13.2 Å². The largest absolute Gasteiger partial charge is 0.455 e. The molecule has 2 unspecified atom stereocenters. The molecule has 0 amide bonds. The molecule has 2 rings (SSSR count). The number of esters is 1. The van der Waals surface area contributed by atoms with E-state index in [0.29, 0.717) is 19.4 Å². The Kier molecular flexibility index (Phi) is 5.69. The van der Waals surface area contributed by atoms with Crippen LogP contribution in [0.15, 0.2) is 29.2 Å². The number of hydrogen-bond donors (Lipinski definition) is 1. The number of diazo groups is 1. The zero-order valence-electron chi connectivity index (χ0n) is 12.7. The number of rotatable bonds is 5. The third-order valence-electron chi connectivity index (χ3n) is 4.01. The first-order valence-corrected chi connectivity index (χ1v) is 9.07. The van der Waals surface area contributed by atoms with Gasteiger partial charge in [-0.15, -0.1) is 0 Å². The lowest BCUT2D eigenvalue weighted by atomic mass is 9.97. The molecule has 1 fully saturated rings. The van der Waals surface area contributed by atoms with Crippen molar-refractivity contribution in [3.63, 3.8) is 0 Å². The van der Waals surface area contributed by atoms with Crippen molar-refractivity contribution in [2.45, 2.75) is 48.5 Å². The Bertz CT molecular complexity index is 694. The third kappa shape index (κ3) is 4.06. The van der Waals surface area contributed by atoms with Gasteiger partial charge in [-0.2, -0.15) is 0 Å². The van der Waals surface area contributed by atoms with Gasteiger partial charge in [0.15, 0.2) is 9.84 Å². The number of nitrogens with two attached hydrogens (primary N) is 1. The van der Waals surface area contributed by atoms with Gasteiger partial charge in [-0.1, -0.05) is 18.6 Å². The summed E-state index contributed by atoms with van der Waals surface area (Å²) in [6, 6.07) is 6.44. The summed E-state index contributed by atoms with van der Waals surface area (Å²) in [5.74, 6) is -0.724. The maximum Gasteiger partial charge on any atom is 0.399 e. The molecule has 1 saturated carbocycles. The summed E-state index contributed by atoms with van der Waals surface area (Å²) in [7, 11) is -3.61. The van der Waals surface area contributed by atoms with E-state index in [4.69, 9.17) is 15.9 Å². The zero-order chi connectivity index (χ0) is 16.9. The highest BCUT2D eigenvalue weighted by atomic mass is 32.2. The number of carbonyl (C=O) groups excluding carboxylic acids is 1. The summed E-state index contributed by atoms with van der Waals surface area (Å²) in [5.41, 5.74) is 6.37. The van der Waals surface area contributed by atoms with Crippen LogP contribution in [0.3, 0.4) is 0 Å². The molecule has 0 radical (unpaired) electrons.